The molecule has 0 heterocycles. The summed E-state index contributed by atoms with van der Waals surface area (Å²) < 4.78 is 11.1. The predicted octanol–water partition coefficient (Wildman–Crippen LogP) is 4.74. The molecule has 116 valence electrons. The van der Waals surface area contributed by atoms with E-state index in [1.807, 2.05) is 36.4 Å². The second-order valence-corrected chi connectivity index (χ2v) is 5.20. The van der Waals surface area contributed by atoms with Crippen LogP contribution in [0.2, 0.25) is 0 Å². The molecule has 0 fully saturated rings. The first-order valence-corrected chi connectivity index (χ1v) is 7.58. The van der Waals surface area contributed by atoms with Crippen molar-refractivity contribution in [1.82, 2.24) is 0 Å². The van der Waals surface area contributed by atoms with Crippen LogP contribution in [0.25, 0.3) is 11.1 Å². The molecule has 0 atom stereocenters. The van der Waals surface area contributed by atoms with Crippen molar-refractivity contribution in [2.45, 2.75) is 26.7 Å². The van der Waals surface area contributed by atoms with Crippen molar-refractivity contribution in [2.75, 3.05) is 13.7 Å². The fraction of sp³-hybridized carbons (Fsp3) is 0.316. The fourth-order valence-corrected chi connectivity index (χ4v) is 2.26. The molecule has 0 amide bonds. The maximum absolute atomic E-state index is 11.6. The smallest absolute Gasteiger partial charge is 0.163 e. The SMILES string of the molecule is CCCCOc1cccc(-c2ccc(C(C)=O)c(OC)c2)c1. The van der Waals surface area contributed by atoms with Crippen molar-refractivity contribution in [3.8, 4) is 22.6 Å². The maximum Gasteiger partial charge on any atom is 0.163 e. The summed E-state index contributed by atoms with van der Waals surface area (Å²) in [6, 6.07) is 13.6. The molecule has 3 nitrogen and oxygen atoms in total. The van der Waals surface area contributed by atoms with Gasteiger partial charge in [-0.2, -0.15) is 0 Å². The van der Waals surface area contributed by atoms with E-state index in [1.54, 1.807) is 20.1 Å². The molecule has 2 aromatic carbocycles. The zero-order chi connectivity index (χ0) is 15.9. The van der Waals surface area contributed by atoms with E-state index in [0.717, 1.165) is 36.3 Å². The average Bonchev–Trinajstić information content (AvgIpc) is 2.54. The molecule has 0 saturated heterocycles. The Balaban J connectivity index is 2.27. The molecule has 0 aliphatic heterocycles. The van der Waals surface area contributed by atoms with Gasteiger partial charge in [-0.3, -0.25) is 4.79 Å². The summed E-state index contributed by atoms with van der Waals surface area (Å²) in [5, 5.41) is 0. The molecule has 0 aliphatic rings. The second kappa shape index (κ2) is 7.64. The third-order valence-electron chi connectivity index (χ3n) is 3.51. The number of carbonyl (C=O) groups excluding carboxylic acids is 1. The lowest BCUT2D eigenvalue weighted by molar-refractivity contribution is 0.101. The molecule has 0 N–H and O–H groups in total. The van der Waals surface area contributed by atoms with Gasteiger partial charge < -0.3 is 9.47 Å². The van der Waals surface area contributed by atoms with Crippen LogP contribution >= 0.6 is 0 Å². The minimum absolute atomic E-state index is 0.0000460. The number of Topliss-reactive ketones (excluding diaryl/α,β-unsaturated/α-hetero) is 1. The summed E-state index contributed by atoms with van der Waals surface area (Å²) in [5.41, 5.74) is 2.65. The second-order valence-electron chi connectivity index (χ2n) is 5.20. The number of hydrogen-bond donors (Lipinski definition) is 0. The minimum atomic E-state index is 0.0000460. The van der Waals surface area contributed by atoms with Crippen LogP contribution < -0.4 is 9.47 Å². The molecule has 0 bridgehead atoms. The molecule has 0 radical (unpaired) electrons. The summed E-state index contributed by atoms with van der Waals surface area (Å²) in [5.74, 6) is 1.46. The van der Waals surface area contributed by atoms with Crippen molar-refractivity contribution >= 4 is 5.78 Å². The third-order valence-corrected chi connectivity index (χ3v) is 3.51. The summed E-state index contributed by atoms with van der Waals surface area (Å²) in [7, 11) is 1.58. The molecule has 0 spiro atoms. The van der Waals surface area contributed by atoms with Crippen molar-refractivity contribution in [1.29, 1.82) is 0 Å². The van der Waals surface area contributed by atoms with E-state index < -0.39 is 0 Å². The first kappa shape index (κ1) is 16.1. The average molecular weight is 298 g/mol. The topological polar surface area (TPSA) is 35.5 Å². The molecular weight excluding hydrogens is 276 g/mol. The zero-order valence-corrected chi connectivity index (χ0v) is 13.4. The van der Waals surface area contributed by atoms with Crippen LogP contribution in [0.4, 0.5) is 0 Å². The number of rotatable bonds is 7. The van der Waals surface area contributed by atoms with Gasteiger partial charge in [0.25, 0.3) is 0 Å². The van der Waals surface area contributed by atoms with E-state index >= 15 is 0 Å². The van der Waals surface area contributed by atoms with Gasteiger partial charge in [-0.15, -0.1) is 0 Å². The van der Waals surface area contributed by atoms with Gasteiger partial charge in [-0.25, -0.2) is 0 Å². The van der Waals surface area contributed by atoms with Crippen LogP contribution in [0, 0.1) is 0 Å². The highest BCUT2D eigenvalue weighted by molar-refractivity contribution is 5.97. The van der Waals surface area contributed by atoms with Gasteiger partial charge in [0.2, 0.25) is 0 Å². The van der Waals surface area contributed by atoms with Gasteiger partial charge in [-0.1, -0.05) is 31.5 Å². The van der Waals surface area contributed by atoms with E-state index in [9.17, 15) is 4.79 Å². The van der Waals surface area contributed by atoms with E-state index in [4.69, 9.17) is 9.47 Å². The Morgan fingerprint density at radius 1 is 1.09 bits per heavy atom. The predicted molar refractivity (Wildman–Crippen MR) is 88.8 cm³/mol. The summed E-state index contributed by atoms with van der Waals surface area (Å²) in [6.07, 6.45) is 2.16. The van der Waals surface area contributed by atoms with Crippen LogP contribution in [-0.2, 0) is 0 Å². The molecular formula is C19H22O3. The normalized spacial score (nSPS) is 10.3. The Morgan fingerprint density at radius 3 is 2.55 bits per heavy atom. The summed E-state index contributed by atoms with van der Waals surface area (Å²) in [6.45, 7) is 4.41. The lowest BCUT2D eigenvalue weighted by Crippen LogP contribution is -1.98. The van der Waals surface area contributed by atoms with Gasteiger partial charge in [-0.05, 0) is 48.7 Å². The number of carbonyl (C=O) groups is 1. The number of benzene rings is 2. The van der Waals surface area contributed by atoms with Crippen LogP contribution in [0.1, 0.15) is 37.0 Å². The van der Waals surface area contributed by atoms with Crippen molar-refractivity contribution in [3.05, 3.63) is 48.0 Å². The van der Waals surface area contributed by atoms with Crippen LogP contribution in [0.15, 0.2) is 42.5 Å². The Kier molecular flexibility index (Phi) is 5.59. The summed E-state index contributed by atoms with van der Waals surface area (Å²) in [4.78, 5) is 11.6. The Morgan fingerprint density at radius 2 is 1.86 bits per heavy atom. The summed E-state index contributed by atoms with van der Waals surface area (Å²) >= 11 is 0. The number of methoxy groups -OCH3 is 1. The van der Waals surface area contributed by atoms with E-state index in [2.05, 4.69) is 6.92 Å². The highest BCUT2D eigenvalue weighted by Crippen LogP contribution is 2.29. The van der Waals surface area contributed by atoms with E-state index in [0.29, 0.717) is 11.3 Å². The Bertz CT molecular complexity index is 647. The van der Waals surface area contributed by atoms with Crippen LogP contribution in [-0.4, -0.2) is 19.5 Å². The number of unbranched alkanes of at least 4 members (excludes halogenated alkanes) is 1. The molecule has 0 aromatic heterocycles. The van der Waals surface area contributed by atoms with Crippen LogP contribution in [0.3, 0.4) is 0 Å². The number of ether oxygens (including phenoxy) is 2. The van der Waals surface area contributed by atoms with E-state index in [-0.39, 0.29) is 5.78 Å². The number of ketones is 1. The highest BCUT2D eigenvalue weighted by atomic mass is 16.5. The fourth-order valence-electron chi connectivity index (χ4n) is 2.26. The van der Waals surface area contributed by atoms with Gasteiger partial charge in [0, 0.05) is 0 Å². The Hall–Kier alpha value is -2.29. The van der Waals surface area contributed by atoms with Crippen LogP contribution in [0.5, 0.6) is 11.5 Å². The Labute approximate surface area is 131 Å². The first-order chi connectivity index (χ1) is 10.7. The third kappa shape index (κ3) is 3.88. The van der Waals surface area contributed by atoms with Gasteiger partial charge in [0.15, 0.2) is 5.78 Å². The van der Waals surface area contributed by atoms with Gasteiger partial charge in [0.1, 0.15) is 11.5 Å². The standard InChI is InChI=1S/C19H22O3/c1-4-5-11-22-17-8-6-7-15(12-17)16-9-10-18(14(2)20)19(13-16)21-3/h6-10,12-13H,4-5,11H2,1-3H3. The molecule has 2 aromatic rings. The monoisotopic (exact) mass is 298 g/mol. The van der Waals surface area contributed by atoms with Gasteiger partial charge >= 0.3 is 0 Å². The lowest BCUT2D eigenvalue weighted by Gasteiger charge is -2.10. The molecule has 0 saturated carbocycles. The largest absolute Gasteiger partial charge is 0.496 e. The lowest BCUT2D eigenvalue weighted by atomic mass is 10.0. The molecule has 2 rings (SSSR count). The molecule has 3 heteroatoms. The van der Waals surface area contributed by atoms with Crippen molar-refractivity contribution in [2.24, 2.45) is 0 Å². The van der Waals surface area contributed by atoms with Crippen molar-refractivity contribution < 1.29 is 14.3 Å². The van der Waals surface area contributed by atoms with Gasteiger partial charge in [0.05, 0.1) is 19.3 Å². The van der Waals surface area contributed by atoms with E-state index in [1.165, 1.54) is 0 Å². The number of hydrogen-bond acceptors (Lipinski definition) is 3. The molecule has 0 unspecified atom stereocenters. The first-order valence-electron chi connectivity index (χ1n) is 7.58. The molecule has 0 aliphatic carbocycles. The zero-order valence-electron chi connectivity index (χ0n) is 13.4. The van der Waals surface area contributed by atoms with Crippen molar-refractivity contribution in [3.63, 3.8) is 0 Å². The quantitative estimate of drug-likeness (QED) is 0.547. The highest BCUT2D eigenvalue weighted by Gasteiger charge is 2.10. The minimum Gasteiger partial charge on any atom is -0.496 e. The molecule has 22 heavy (non-hydrogen) atoms. The maximum atomic E-state index is 11.6.